The molecule has 0 spiro atoms. The zero-order chi connectivity index (χ0) is 29.2. The van der Waals surface area contributed by atoms with Gasteiger partial charge in [0.25, 0.3) is 5.91 Å². The van der Waals surface area contributed by atoms with Crippen LogP contribution < -0.4 is 14.8 Å². The highest BCUT2D eigenvalue weighted by Crippen LogP contribution is 2.31. The van der Waals surface area contributed by atoms with Gasteiger partial charge < -0.3 is 19.7 Å². The van der Waals surface area contributed by atoms with E-state index in [1.165, 1.54) is 30.2 Å². The van der Waals surface area contributed by atoms with Crippen molar-refractivity contribution in [1.82, 2.24) is 10.2 Å². The van der Waals surface area contributed by atoms with Gasteiger partial charge in [-0.2, -0.15) is 0 Å². The van der Waals surface area contributed by atoms with Crippen molar-refractivity contribution in [1.29, 1.82) is 0 Å². The lowest BCUT2D eigenvalue weighted by atomic mass is 9.94. The van der Waals surface area contributed by atoms with Crippen molar-refractivity contribution in [2.75, 3.05) is 13.7 Å². The molecule has 1 aliphatic rings. The van der Waals surface area contributed by atoms with Crippen LogP contribution in [0.1, 0.15) is 43.2 Å². The molecule has 3 aromatic rings. The minimum Gasteiger partial charge on any atom is -0.490 e. The van der Waals surface area contributed by atoms with Crippen LogP contribution in [-0.4, -0.2) is 47.4 Å². The monoisotopic (exact) mass is 579 g/mol. The fraction of sp³-hybridized carbons (Fsp3) is 0.355. The van der Waals surface area contributed by atoms with Crippen LogP contribution in [0.25, 0.3) is 0 Å². The number of benzene rings is 3. The van der Waals surface area contributed by atoms with Crippen LogP contribution in [0.4, 0.5) is 5.69 Å². The number of nitrogens with zero attached hydrogens (tertiary/aromatic N) is 2. The predicted molar refractivity (Wildman–Crippen MR) is 156 cm³/mol. The molecule has 0 aromatic heterocycles. The van der Waals surface area contributed by atoms with Crippen LogP contribution >= 0.6 is 11.6 Å². The van der Waals surface area contributed by atoms with Gasteiger partial charge in [0.2, 0.25) is 11.7 Å². The van der Waals surface area contributed by atoms with Crippen LogP contribution in [0, 0.1) is 10.1 Å². The molecule has 9 nitrogen and oxygen atoms in total. The summed E-state index contributed by atoms with van der Waals surface area (Å²) in [5, 5.41) is 14.9. The van der Waals surface area contributed by atoms with E-state index in [1.807, 2.05) is 42.5 Å². The summed E-state index contributed by atoms with van der Waals surface area (Å²) in [6.45, 7) is -0.297. The molecule has 1 N–H and O–H groups in total. The molecule has 216 valence electrons. The van der Waals surface area contributed by atoms with E-state index in [0.717, 1.165) is 37.7 Å². The van der Waals surface area contributed by atoms with Crippen molar-refractivity contribution >= 4 is 29.1 Å². The Morgan fingerprint density at radius 1 is 1.05 bits per heavy atom. The maximum Gasteiger partial charge on any atom is 0.311 e. The lowest BCUT2D eigenvalue weighted by Crippen LogP contribution is -2.53. The molecule has 2 amide bonds. The Bertz CT molecular complexity index is 1350. The van der Waals surface area contributed by atoms with Crippen molar-refractivity contribution in [3.63, 3.8) is 0 Å². The summed E-state index contributed by atoms with van der Waals surface area (Å²) in [7, 11) is 1.32. The fourth-order valence-corrected chi connectivity index (χ4v) is 5.23. The molecule has 0 heterocycles. The van der Waals surface area contributed by atoms with Gasteiger partial charge >= 0.3 is 5.69 Å². The zero-order valence-corrected chi connectivity index (χ0v) is 23.7. The number of rotatable bonds is 12. The Morgan fingerprint density at radius 2 is 1.76 bits per heavy atom. The van der Waals surface area contributed by atoms with Crippen molar-refractivity contribution in [2.45, 2.75) is 57.2 Å². The van der Waals surface area contributed by atoms with E-state index in [1.54, 1.807) is 12.1 Å². The number of halogens is 1. The molecular weight excluding hydrogens is 546 g/mol. The van der Waals surface area contributed by atoms with E-state index in [9.17, 15) is 19.7 Å². The van der Waals surface area contributed by atoms with E-state index < -0.39 is 23.5 Å². The summed E-state index contributed by atoms with van der Waals surface area (Å²) in [4.78, 5) is 39.9. The number of nitro groups is 1. The topological polar surface area (TPSA) is 111 Å². The molecule has 41 heavy (non-hydrogen) atoms. The van der Waals surface area contributed by atoms with Crippen LogP contribution in [0.3, 0.4) is 0 Å². The van der Waals surface area contributed by atoms with Gasteiger partial charge in [0.15, 0.2) is 6.61 Å². The van der Waals surface area contributed by atoms with Gasteiger partial charge in [-0.25, -0.2) is 0 Å². The van der Waals surface area contributed by atoms with Crippen molar-refractivity contribution in [3.8, 4) is 11.5 Å². The van der Waals surface area contributed by atoms with Crippen LogP contribution in [0.15, 0.2) is 72.8 Å². The minimum atomic E-state index is -0.821. The largest absolute Gasteiger partial charge is 0.490 e. The van der Waals surface area contributed by atoms with E-state index in [4.69, 9.17) is 21.1 Å². The number of amides is 2. The highest BCUT2D eigenvalue weighted by molar-refractivity contribution is 6.31. The first-order valence-electron chi connectivity index (χ1n) is 13.7. The third-order valence-corrected chi connectivity index (χ3v) is 7.60. The average Bonchev–Trinajstić information content (AvgIpc) is 2.99. The second-order valence-corrected chi connectivity index (χ2v) is 10.4. The van der Waals surface area contributed by atoms with Crippen LogP contribution in [-0.2, 0) is 22.6 Å². The Balaban J connectivity index is 1.62. The smallest absolute Gasteiger partial charge is 0.311 e. The molecule has 0 bridgehead atoms. The number of carbonyl (C=O) groups excluding carboxylic acids is 2. The summed E-state index contributed by atoms with van der Waals surface area (Å²) in [6.07, 6.45) is 5.40. The summed E-state index contributed by atoms with van der Waals surface area (Å²) in [5.41, 5.74) is 1.39. The maximum absolute atomic E-state index is 13.8. The molecular formula is C31H34ClN3O6. The number of carbonyl (C=O) groups is 2. The molecule has 0 aliphatic heterocycles. The van der Waals surface area contributed by atoms with E-state index in [0.29, 0.717) is 17.0 Å². The highest BCUT2D eigenvalue weighted by Gasteiger charge is 2.32. The Hall–Kier alpha value is -4.11. The molecule has 3 aromatic carbocycles. The molecule has 1 saturated carbocycles. The number of ether oxygens (including phenoxy) is 2. The third kappa shape index (κ3) is 8.20. The molecule has 0 unspecified atom stereocenters. The van der Waals surface area contributed by atoms with Gasteiger partial charge in [0.1, 0.15) is 11.8 Å². The SMILES string of the molecule is COc1cc(OCC(=O)N(Cc2ccccc2Cl)[C@H](Cc2ccccc2)C(=O)NC2CCCCC2)ccc1[N+](=O)[O-]. The van der Waals surface area contributed by atoms with Crippen LogP contribution in [0.2, 0.25) is 5.02 Å². The standard InChI is InChI=1S/C31H34ClN3O6/c1-40-29-19-25(16-17-27(29)35(38)39)41-21-30(36)34(20-23-12-8-9-15-26(23)32)28(18-22-10-4-2-5-11-22)31(37)33-24-13-6-3-7-14-24/h2,4-5,8-12,15-17,19,24,28H,3,6-7,13-14,18,20-21H2,1H3,(H,33,37)/t28-/m1/s1. The molecule has 1 atom stereocenters. The van der Waals surface area contributed by atoms with Crippen LogP contribution in [0.5, 0.6) is 11.5 Å². The van der Waals surface area contributed by atoms with Gasteiger partial charge in [0, 0.05) is 36.2 Å². The minimum absolute atomic E-state index is 0.0155. The molecule has 0 saturated heterocycles. The van der Waals surface area contributed by atoms with Gasteiger partial charge in [0.05, 0.1) is 12.0 Å². The number of nitro benzene ring substituents is 1. The van der Waals surface area contributed by atoms with Gasteiger partial charge in [-0.1, -0.05) is 79.4 Å². The van der Waals surface area contributed by atoms with E-state index in [-0.39, 0.29) is 35.7 Å². The summed E-state index contributed by atoms with van der Waals surface area (Å²) < 4.78 is 10.9. The Morgan fingerprint density at radius 3 is 2.44 bits per heavy atom. The molecule has 1 aliphatic carbocycles. The summed E-state index contributed by atoms with van der Waals surface area (Å²) in [6, 6.07) is 20.0. The van der Waals surface area contributed by atoms with Crippen molar-refractivity contribution in [2.24, 2.45) is 0 Å². The second kappa shape index (κ2) is 14.5. The first kappa shape index (κ1) is 29.9. The zero-order valence-electron chi connectivity index (χ0n) is 23.0. The molecule has 4 rings (SSSR count). The van der Waals surface area contributed by atoms with Crippen molar-refractivity contribution < 1.29 is 24.0 Å². The highest BCUT2D eigenvalue weighted by atomic mass is 35.5. The van der Waals surface area contributed by atoms with E-state index in [2.05, 4.69) is 5.32 Å². The second-order valence-electron chi connectivity index (χ2n) is 10.0. The fourth-order valence-electron chi connectivity index (χ4n) is 5.03. The van der Waals surface area contributed by atoms with Crippen molar-refractivity contribution in [3.05, 3.63) is 99.1 Å². The van der Waals surface area contributed by atoms with Gasteiger partial charge in [-0.3, -0.25) is 19.7 Å². The normalized spacial score (nSPS) is 14.1. The molecule has 0 radical (unpaired) electrons. The van der Waals surface area contributed by atoms with E-state index >= 15 is 0 Å². The Labute approximate surface area is 244 Å². The Kier molecular flexibility index (Phi) is 10.6. The predicted octanol–water partition coefficient (Wildman–Crippen LogP) is 5.72. The summed E-state index contributed by atoms with van der Waals surface area (Å²) >= 11 is 6.48. The van der Waals surface area contributed by atoms with Gasteiger partial charge in [-0.15, -0.1) is 0 Å². The third-order valence-electron chi connectivity index (χ3n) is 7.23. The quantitative estimate of drug-likeness (QED) is 0.217. The molecule has 10 heteroatoms. The van der Waals surface area contributed by atoms with Gasteiger partial charge in [-0.05, 0) is 36.1 Å². The number of hydrogen-bond donors (Lipinski definition) is 1. The number of hydrogen-bond acceptors (Lipinski definition) is 6. The first-order valence-corrected chi connectivity index (χ1v) is 14.1. The number of nitrogens with one attached hydrogen (secondary N) is 1. The molecule has 1 fully saturated rings. The number of methoxy groups -OCH3 is 1. The first-order chi connectivity index (χ1) is 19.9. The lowest BCUT2D eigenvalue weighted by molar-refractivity contribution is -0.385. The summed E-state index contributed by atoms with van der Waals surface area (Å²) in [5.74, 6) is -0.411. The lowest BCUT2D eigenvalue weighted by Gasteiger charge is -2.33. The maximum atomic E-state index is 13.8. The average molecular weight is 580 g/mol.